The number of amides is 1. The monoisotopic (exact) mass is 792 g/mol. The Hall–Kier alpha value is -2.55. The number of phosphoric acid groups is 1. The molecule has 0 rings (SSSR count). The second kappa shape index (κ2) is 41.1. The fourth-order valence-corrected chi connectivity index (χ4v) is 6.16. The maximum Gasteiger partial charge on any atom is 0.472 e. The first-order chi connectivity index (χ1) is 26.8. The largest absolute Gasteiger partial charge is 0.472 e. The highest BCUT2D eigenvalue weighted by Crippen LogP contribution is 2.42. The Kier molecular flexibility index (Phi) is 39.2. The molecule has 0 aliphatic carbocycles. The molecule has 0 aliphatic rings. The molecule has 0 saturated heterocycles. The molecule has 316 valence electrons. The van der Waals surface area contributed by atoms with Crippen molar-refractivity contribution >= 4 is 19.7 Å². The minimum absolute atomic E-state index is 0.0588. The highest BCUT2D eigenvalue weighted by molar-refractivity contribution is 7.47. The standard InChI is InChI=1S/C45H78NO8P/c1-3-5-7-9-11-13-15-17-19-20-21-22-24-25-27-29-31-33-35-37-44(48)46-39-40-53-55(50,51)54-42-43(47)41-52-45(49)38-36-34-32-30-28-26-23-18-16-14-12-10-8-6-4-2/h5,7,11,13,17-19,21-23,25,27,43,47H,3-4,6,8-10,12,14-16,20,24,26,28-42H2,1-2H3,(H,46,48)(H,50,51)/b7-5-,13-11-,19-17-,22-21-,23-18-,27-25-. The van der Waals surface area contributed by atoms with Crippen molar-refractivity contribution < 1.29 is 37.9 Å². The molecule has 0 saturated carbocycles. The van der Waals surface area contributed by atoms with Crippen molar-refractivity contribution in [1.29, 1.82) is 0 Å². The van der Waals surface area contributed by atoms with Crippen molar-refractivity contribution in [1.82, 2.24) is 5.32 Å². The first-order valence-corrected chi connectivity index (χ1v) is 22.9. The lowest BCUT2D eigenvalue weighted by Gasteiger charge is -2.15. The van der Waals surface area contributed by atoms with Crippen LogP contribution in [-0.2, 0) is 27.9 Å². The maximum absolute atomic E-state index is 12.1. The van der Waals surface area contributed by atoms with E-state index < -0.39 is 26.5 Å². The topological polar surface area (TPSA) is 131 Å². The molecule has 2 unspecified atom stereocenters. The Morgan fingerprint density at radius 1 is 0.582 bits per heavy atom. The van der Waals surface area contributed by atoms with E-state index in [0.29, 0.717) is 6.42 Å². The highest BCUT2D eigenvalue weighted by Gasteiger charge is 2.23. The van der Waals surface area contributed by atoms with Gasteiger partial charge in [0.05, 0.1) is 13.2 Å². The molecule has 0 bridgehead atoms. The maximum atomic E-state index is 12.1. The third-order valence-corrected chi connectivity index (χ3v) is 9.60. The van der Waals surface area contributed by atoms with Gasteiger partial charge < -0.3 is 20.1 Å². The summed E-state index contributed by atoms with van der Waals surface area (Å²) in [6.07, 6.45) is 49.7. The zero-order chi connectivity index (χ0) is 40.3. The van der Waals surface area contributed by atoms with Gasteiger partial charge in [-0.3, -0.25) is 18.6 Å². The predicted octanol–water partition coefficient (Wildman–Crippen LogP) is 11.9. The van der Waals surface area contributed by atoms with E-state index in [2.05, 4.69) is 92.1 Å². The second-order valence-electron chi connectivity index (χ2n) is 13.9. The number of allylic oxidation sites excluding steroid dienone is 12. The fraction of sp³-hybridized carbons (Fsp3) is 0.689. The zero-order valence-corrected chi connectivity index (χ0v) is 35.5. The lowest BCUT2D eigenvalue weighted by atomic mass is 10.1. The molecular formula is C45H78NO8P. The molecule has 1 amide bonds. The summed E-state index contributed by atoms with van der Waals surface area (Å²) in [5, 5.41) is 12.7. The van der Waals surface area contributed by atoms with Crippen LogP contribution in [0.5, 0.6) is 0 Å². The average Bonchev–Trinajstić information content (AvgIpc) is 3.17. The first-order valence-electron chi connectivity index (χ1n) is 21.4. The first kappa shape index (κ1) is 52.5. The van der Waals surface area contributed by atoms with E-state index in [0.717, 1.165) is 96.3 Å². The van der Waals surface area contributed by atoms with Crippen molar-refractivity contribution in [2.24, 2.45) is 0 Å². The van der Waals surface area contributed by atoms with Crippen molar-refractivity contribution in [2.45, 2.75) is 174 Å². The average molecular weight is 792 g/mol. The van der Waals surface area contributed by atoms with Crippen molar-refractivity contribution in [3.63, 3.8) is 0 Å². The van der Waals surface area contributed by atoms with Crippen LogP contribution in [0.1, 0.15) is 168 Å². The lowest BCUT2D eigenvalue weighted by Crippen LogP contribution is -2.27. The van der Waals surface area contributed by atoms with Gasteiger partial charge in [-0.2, -0.15) is 0 Å². The van der Waals surface area contributed by atoms with Gasteiger partial charge in [-0.05, 0) is 83.5 Å². The van der Waals surface area contributed by atoms with Crippen LogP contribution in [0.15, 0.2) is 72.9 Å². The molecule has 0 aromatic carbocycles. The smallest absolute Gasteiger partial charge is 0.463 e. The molecule has 0 heterocycles. The molecule has 0 aromatic rings. The number of carbonyl (C=O) groups is 2. The summed E-state index contributed by atoms with van der Waals surface area (Å²) in [6, 6.07) is 0. The van der Waals surface area contributed by atoms with Gasteiger partial charge in [0.2, 0.25) is 5.91 Å². The van der Waals surface area contributed by atoms with Crippen LogP contribution >= 0.6 is 7.82 Å². The summed E-state index contributed by atoms with van der Waals surface area (Å²) in [4.78, 5) is 33.9. The number of aliphatic hydroxyl groups excluding tert-OH is 1. The van der Waals surface area contributed by atoms with E-state index in [9.17, 15) is 24.2 Å². The van der Waals surface area contributed by atoms with E-state index in [4.69, 9.17) is 13.8 Å². The fourth-order valence-electron chi connectivity index (χ4n) is 5.40. The lowest BCUT2D eigenvalue weighted by molar-refractivity contribution is -0.147. The Morgan fingerprint density at radius 2 is 1.04 bits per heavy atom. The Labute approximate surface area is 335 Å². The van der Waals surface area contributed by atoms with Crippen LogP contribution in [-0.4, -0.2) is 54.3 Å². The summed E-state index contributed by atoms with van der Waals surface area (Å²) in [5.41, 5.74) is 0. The molecule has 0 spiro atoms. The number of aliphatic hydroxyl groups is 1. The number of hydrogen-bond donors (Lipinski definition) is 3. The third-order valence-electron chi connectivity index (χ3n) is 8.62. The molecule has 10 heteroatoms. The Morgan fingerprint density at radius 3 is 1.60 bits per heavy atom. The van der Waals surface area contributed by atoms with Crippen LogP contribution in [0.25, 0.3) is 0 Å². The molecular weight excluding hydrogens is 713 g/mol. The van der Waals surface area contributed by atoms with Crippen LogP contribution in [0.2, 0.25) is 0 Å². The number of esters is 1. The summed E-state index contributed by atoms with van der Waals surface area (Å²) >= 11 is 0. The van der Waals surface area contributed by atoms with E-state index in [1.807, 2.05) is 0 Å². The second-order valence-corrected chi connectivity index (χ2v) is 15.4. The van der Waals surface area contributed by atoms with Gasteiger partial charge in [0.15, 0.2) is 0 Å². The van der Waals surface area contributed by atoms with Crippen LogP contribution in [0.4, 0.5) is 0 Å². The SMILES string of the molecule is CC/C=C\C/C=C\C/C=C\C/C=C\C/C=C\CCCCCC(=O)NCCOP(=O)(O)OCC(O)COC(=O)CCCCCCC/C=C\CCCCCCCC. The minimum atomic E-state index is -4.43. The number of ether oxygens (including phenoxy) is 1. The minimum Gasteiger partial charge on any atom is -0.463 e. The number of unbranched alkanes of at least 4 members (excludes halogenated alkanes) is 14. The number of nitrogens with one attached hydrogen (secondary N) is 1. The molecule has 0 radical (unpaired) electrons. The van der Waals surface area contributed by atoms with Crippen molar-refractivity contribution in [3.8, 4) is 0 Å². The summed E-state index contributed by atoms with van der Waals surface area (Å²) in [7, 11) is -4.43. The number of phosphoric ester groups is 1. The molecule has 9 nitrogen and oxygen atoms in total. The predicted molar refractivity (Wildman–Crippen MR) is 229 cm³/mol. The quantitative estimate of drug-likeness (QED) is 0.0243. The van der Waals surface area contributed by atoms with Crippen LogP contribution in [0.3, 0.4) is 0 Å². The molecule has 2 atom stereocenters. The van der Waals surface area contributed by atoms with Crippen molar-refractivity contribution in [2.75, 3.05) is 26.4 Å². The van der Waals surface area contributed by atoms with Gasteiger partial charge in [0.1, 0.15) is 12.7 Å². The van der Waals surface area contributed by atoms with Gasteiger partial charge in [0.25, 0.3) is 0 Å². The van der Waals surface area contributed by atoms with Gasteiger partial charge >= 0.3 is 13.8 Å². The summed E-state index contributed by atoms with van der Waals surface area (Å²) in [6.45, 7) is 3.37. The van der Waals surface area contributed by atoms with E-state index >= 15 is 0 Å². The Bertz CT molecular complexity index is 1130. The molecule has 55 heavy (non-hydrogen) atoms. The van der Waals surface area contributed by atoms with Gasteiger partial charge in [-0.1, -0.05) is 145 Å². The number of hydrogen-bond acceptors (Lipinski definition) is 7. The zero-order valence-electron chi connectivity index (χ0n) is 34.6. The number of rotatable bonds is 39. The van der Waals surface area contributed by atoms with E-state index in [1.165, 1.54) is 44.9 Å². The van der Waals surface area contributed by atoms with E-state index in [1.54, 1.807) is 0 Å². The van der Waals surface area contributed by atoms with Gasteiger partial charge in [0, 0.05) is 19.4 Å². The van der Waals surface area contributed by atoms with Crippen LogP contribution < -0.4 is 5.32 Å². The molecule has 3 N–H and O–H groups in total. The van der Waals surface area contributed by atoms with Crippen molar-refractivity contribution in [3.05, 3.63) is 72.9 Å². The van der Waals surface area contributed by atoms with Crippen LogP contribution in [0, 0.1) is 0 Å². The Balaban J connectivity index is 3.69. The molecule has 0 aliphatic heterocycles. The third kappa shape index (κ3) is 42.4. The normalized spacial score (nSPS) is 14.0. The molecule has 0 fully saturated rings. The van der Waals surface area contributed by atoms with E-state index in [-0.39, 0.29) is 32.1 Å². The van der Waals surface area contributed by atoms with Gasteiger partial charge in [-0.15, -0.1) is 0 Å². The molecule has 0 aromatic heterocycles. The van der Waals surface area contributed by atoms with Gasteiger partial charge in [-0.25, -0.2) is 4.57 Å². The summed E-state index contributed by atoms with van der Waals surface area (Å²) < 4.78 is 26.8. The highest BCUT2D eigenvalue weighted by atomic mass is 31.2. The number of carbonyl (C=O) groups excluding carboxylic acids is 2. The summed E-state index contributed by atoms with van der Waals surface area (Å²) in [5.74, 6) is -0.563.